The molecular weight excluding hydrogens is 230 g/mol. The molecule has 1 aliphatic heterocycles. The molecule has 1 heterocycles. The minimum atomic E-state index is -0.448. The Kier molecular flexibility index (Phi) is 5.14. The highest BCUT2D eigenvalue weighted by molar-refractivity contribution is 5.82. The van der Waals surface area contributed by atoms with Crippen molar-refractivity contribution in [1.82, 2.24) is 4.90 Å². The van der Waals surface area contributed by atoms with Crippen molar-refractivity contribution < 1.29 is 9.59 Å². The van der Waals surface area contributed by atoms with Crippen molar-refractivity contribution in [2.75, 3.05) is 19.6 Å². The van der Waals surface area contributed by atoms with E-state index in [9.17, 15) is 9.59 Å². The number of carbonyl (C=O) groups excluding carboxylic acids is 2. The fourth-order valence-electron chi connectivity index (χ4n) is 2.39. The van der Waals surface area contributed by atoms with Crippen LogP contribution in [0.2, 0.25) is 0 Å². The van der Waals surface area contributed by atoms with Crippen LogP contribution < -0.4 is 11.5 Å². The third-order valence-electron chi connectivity index (χ3n) is 4.14. The highest BCUT2D eigenvalue weighted by Gasteiger charge is 2.35. The van der Waals surface area contributed by atoms with Gasteiger partial charge in [-0.15, -0.1) is 0 Å². The minimum Gasteiger partial charge on any atom is -0.370 e. The second-order valence-electron chi connectivity index (χ2n) is 5.52. The number of amides is 2. The highest BCUT2D eigenvalue weighted by Crippen LogP contribution is 2.27. The summed E-state index contributed by atoms with van der Waals surface area (Å²) in [4.78, 5) is 25.1. The maximum absolute atomic E-state index is 12.4. The summed E-state index contributed by atoms with van der Waals surface area (Å²) in [6, 6.07) is 0. The molecule has 104 valence electrons. The SMILES string of the molecule is CCC(C)(CN)C(=O)N1CCC(CC(N)=O)CC1. The maximum Gasteiger partial charge on any atom is 0.229 e. The average Bonchev–Trinajstić information content (AvgIpc) is 2.37. The topological polar surface area (TPSA) is 89.4 Å². The van der Waals surface area contributed by atoms with Crippen molar-refractivity contribution in [3.63, 3.8) is 0 Å². The summed E-state index contributed by atoms with van der Waals surface area (Å²) in [5.41, 5.74) is 10.5. The molecule has 5 nitrogen and oxygen atoms in total. The van der Waals surface area contributed by atoms with Crippen molar-refractivity contribution in [3.8, 4) is 0 Å². The molecule has 1 aliphatic rings. The monoisotopic (exact) mass is 255 g/mol. The molecule has 0 radical (unpaired) electrons. The van der Waals surface area contributed by atoms with Gasteiger partial charge >= 0.3 is 0 Å². The second kappa shape index (κ2) is 6.18. The molecule has 1 rings (SSSR count). The zero-order chi connectivity index (χ0) is 13.8. The lowest BCUT2D eigenvalue weighted by atomic mass is 9.84. The van der Waals surface area contributed by atoms with Crippen LogP contribution in [0.3, 0.4) is 0 Å². The quantitative estimate of drug-likeness (QED) is 0.748. The van der Waals surface area contributed by atoms with Gasteiger partial charge < -0.3 is 16.4 Å². The fourth-order valence-corrected chi connectivity index (χ4v) is 2.39. The first-order valence-electron chi connectivity index (χ1n) is 6.70. The summed E-state index contributed by atoms with van der Waals surface area (Å²) < 4.78 is 0. The number of nitrogens with zero attached hydrogens (tertiary/aromatic N) is 1. The molecule has 1 atom stereocenters. The summed E-state index contributed by atoms with van der Waals surface area (Å²) in [7, 11) is 0. The van der Waals surface area contributed by atoms with E-state index in [1.165, 1.54) is 0 Å². The Balaban J connectivity index is 2.52. The van der Waals surface area contributed by atoms with Gasteiger partial charge in [0.05, 0.1) is 5.41 Å². The van der Waals surface area contributed by atoms with E-state index >= 15 is 0 Å². The zero-order valence-electron chi connectivity index (χ0n) is 11.4. The summed E-state index contributed by atoms with van der Waals surface area (Å²) in [6.07, 6.45) is 2.91. The minimum absolute atomic E-state index is 0.144. The lowest BCUT2D eigenvalue weighted by molar-refractivity contribution is -0.142. The standard InChI is InChI=1S/C13H25N3O2/c1-3-13(2,9-14)12(18)16-6-4-10(5-7-16)8-11(15)17/h10H,3-9,14H2,1-2H3,(H2,15,17). The lowest BCUT2D eigenvalue weighted by Crippen LogP contribution is -2.49. The maximum atomic E-state index is 12.4. The first-order valence-corrected chi connectivity index (χ1v) is 6.70. The van der Waals surface area contributed by atoms with Crippen LogP contribution in [-0.2, 0) is 9.59 Å². The van der Waals surface area contributed by atoms with Crippen LogP contribution in [-0.4, -0.2) is 36.3 Å². The number of hydrogen-bond acceptors (Lipinski definition) is 3. The largest absolute Gasteiger partial charge is 0.370 e. The van der Waals surface area contributed by atoms with E-state index in [2.05, 4.69) is 0 Å². The van der Waals surface area contributed by atoms with Crippen LogP contribution in [0.1, 0.15) is 39.5 Å². The Labute approximate surface area is 109 Å². The Bertz CT molecular complexity index is 305. The third-order valence-corrected chi connectivity index (χ3v) is 4.14. The van der Waals surface area contributed by atoms with Crippen LogP contribution >= 0.6 is 0 Å². The summed E-state index contributed by atoms with van der Waals surface area (Å²) >= 11 is 0. The molecule has 4 N–H and O–H groups in total. The van der Waals surface area contributed by atoms with E-state index in [1.54, 1.807) is 0 Å². The average molecular weight is 255 g/mol. The van der Waals surface area contributed by atoms with Gasteiger partial charge in [-0.1, -0.05) is 6.92 Å². The molecule has 0 spiro atoms. The molecular formula is C13H25N3O2. The predicted molar refractivity (Wildman–Crippen MR) is 70.6 cm³/mol. The van der Waals surface area contributed by atoms with Gasteiger partial charge in [0.15, 0.2) is 0 Å². The number of carbonyl (C=O) groups is 2. The Morgan fingerprint density at radius 3 is 2.28 bits per heavy atom. The lowest BCUT2D eigenvalue weighted by Gasteiger charge is -2.37. The zero-order valence-corrected chi connectivity index (χ0v) is 11.4. The second-order valence-corrected chi connectivity index (χ2v) is 5.52. The van der Waals surface area contributed by atoms with Gasteiger partial charge in [-0.2, -0.15) is 0 Å². The first-order chi connectivity index (χ1) is 8.42. The van der Waals surface area contributed by atoms with E-state index in [1.807, 2.05) is 18.7 Å². The van der Waals surface area contributed by atoms with Crippen LogP contribution in [0.25, 0.3) is 0 Å². The number of hydrogen-bond donors (Lipinski definition) is 2. The molecule has 1 fully saturated rings. The van der Waals surface area contributed by atoms with E-state index in [0.29, 0.717) is 32.0 Å². The summed E-state index contributed by atoms with van der Waals surface area (Å²) in [5, 5.41) is 0. The molecule has 1 saturated heterocycles. The van der Waals surface area contributed by atoms with Crippen molar-refractivity contribution in [1.29, 1.82) is 0 Å². The van der Waals surface area contributed by atoms with Gasteiger partial charge in [-0.3, -0.25) is 9.59 Å². The Hall–Kier alpha value is -1.10. The number of nitrogens with two attached hydrogens (primary N) is 2. The van der Waals surface area contributed by atoms with E-state index in [0.717, 1.165) is 19.3 Å². The van der Waals surface area contributed by atoms with E-state index in [-0.39, 0.29) is 11.8 Å². The first kappa shape index (κ1) is 15.0. The van der Waals surface area contributed by atoms with Crippen molar-refractivity contribution >= 4 is 11.8 Å². The number of rotatable bonds is 5. The third kappa shape index (κ3) is 3.45. The van der Waals surface area contributed by atoms with Crippen molar-refractivity contribution in [2.45, 2.75) is 39.5 Å². The van der Waals surface area contributed by atoms with Crippen molar-refractivity contribution in [3.05, 3.63) is 0 Å². The molecule has 5 heteroatoms. The van der Waals surface area contributed by atoms with E-state index < -0.39 is 5.41 Å². The normalized spacial score (nSPS) is 20.5. The van der Waals surface area contributed by atoms with Crippen LogP contribution in [0.15, 0.2) is 0 Å². The summed E-state index contributed by atoms with van der Waals surface area (Å²) in [5.74, 6) is 0.225. The van der Waals surface area contributed by atoms with Crippen LogP contribution in [0.4, 0.5) is 0 Å². The number of primary amides is 1. The van der Waals surface area contributed by atoms with Crippen LogP contribution in [0.5, 0.6) is 0 Å². The molecule has 1 unspecified atom stereocenters. The molecule has 0 aliphatic carbocycles. The summed E-state index contributed by atoms with van der Waals surface area (Å²) in [6.45, 7) is 5.72. The van der Waals surface area contributed by atoms with Gasteiger partial charge in [-0.25, -0.2) is 0 Å². The molecule has 2 amide bonds. The van der Waals surface area contributed by atoms with E-state index in [4.69, 9.17) is 11.5 Å². The molecule has 0 bridgehead atoms. The van der Waals surface area contributed by atoms with Crippen molar-refractivity contribution in [2.24, 2.45) is 22.8 Å². The van der Waals surface area contributed by atoms with Gasteiger partial charge in [0, 0.05) is 26.1 Å². The Morgan fingerprint density at radius 1 is 1.33 bits per heavy atom. The fraction of sp³-hybridized carbons (Fsp3) is 0.846. The van der Waals surface area contributed by atoms with Gasteiger partial charge in [0.25, 0.3) is 0 Å². The smallest absolute Gasteiger partial charge is 0.229 e. The molecule has 0 saturated carbocycles. The molecule has 18 heavy (non-hydrogen) atoms. The van der Waals surface area contributed by atoms with Gasteiger partial charge in [0.2, 0.25) is 11.8 Å². The predicted octanol–water partition coefficient (Wildman–Crippen LogP) is 0.475. The van der Waals surface area contributed by atoms with Gasteiger partial charge in [-0.05, 0) is 32.1 Å². The molecule has 0 aromatic heterocycles. The number of piperidine rings is 1. The van der Waals surface area contributed by atoms with Crippen LogP contribution in [0, 0.1) is 11.3 Å². The van der Waals surface area contributed by atoms with Gasteiger partial charge in [0.1, 0.15) is 0 Å². The highest BCUT2D eigenvalue weighted by atomic mass is 16.2. The Morgan fingerprint density at radius 2 is 1.89 bits per heavy atom. The number of likely N-dealkylation sites (tertiary alicyclic amines) is 1. The molecule has 0 aromatic carbocycles. The molecule has 0 aromatic rings.